The van der Waals surface area contributed by atoms with E-state index >= 15 is 0 Å². The summed E-state index contributed by atoms with van der Waals surface area (Å²) in [7, 11) is -3.70. The largest absolute Gasteiger partial charge is 0.426 e. The van der Waals surface area contributed by atoms with Gasteiger partial charge >= 0.3 is 6.18 Å². The van der Waals surface area contributed by atoms with E-state index in [1.807, 2.05) is 4.90 Å². The van der Waals surface area contributed by atoms with Crippen LogP contribution in [-0.2, 0) is 15.7 Å². The first-order chi connectivity index (χ1) is 17.9. The zero-order valence-electron chi connectivity index (χ0n) is 21.1. The average Bonchev–Trinajstić information content (AvgIpc) is 3.40. The number of hydrogen-bond acceptors (Lipinski definition) is 5. The molecule has 4 atom stereocenters. The third kappa shape index (κ3) is 5.21. The third-order valence-electron chi connectivity index (χ3n) is 8.30. The second-order valence-corrected chi connectivity index (χ2v) is 13.8. The Morgan fingerprint density at radius 3 is 2.24 bits per heavy atom. The van der Waals surface area contributed by atoms with Crippen molar-refractivity contribution in [3.63, 3.8) is 0 Å². The fourth-order valence-corrected chi connectivity index (χ4v) is 8.77. The first-order valence-corrected chi connectivity index (χ1v) is 15.3. The van der Waals surface area contributed by atoms with Crippen LogP contribution in [0.5, 0.6) is 0 Å². The van der Waals surface area contributed by atoms with Crippen LogP contribution in [0.1, 0.15) is 44.6 Å². The molecule has 1 aromatic carbocycles. The highest BCUT2D eigenvalue weighted by atomic mass is 32.2. The quantitative estimate of drug-likeness (QED) is 0.412. The van der Waals surface area contributed by atoms with Crippen molar-refractivity contribution in [1.29, 1.82) is 0 Å². The Bertz CT molecular complexity index is 1190. The Morgan fingerprint density at radius 1 is 1.00 bits per heavy atom. The zero-order valence-corrected chi connectivity index (χ0v) is 22.7. The lowest BCUT2D eigenvalue weighted by atomic mass is 9.83. The smallest absolute Gasteiger partial charge is 0.365 e. The molecule has 3 aliphatic rings. The maximum absolute atomic E-state index is 14.5. The molecular formula is C26H32F5N3O2S2. The summed E-state index contributed by atoms with van der Waals surface area (Å²) < 4.78 is 96.9. The van der Waals surface area contributed by atoms with E-state index in [1.165, 1.54) is 16.4 Å². The number of fused-ring (bicyclic) bond motifs is 2. The lowest BCUT2D eigenvalue weighted by Crippen LogP contribution is -2.62. The van der Waals surface area contributed by atoms with Gasteiger partial charge in [-0.1, -0.05) is 24.6 Å². The number of hydrogen-bond donors (Lipinski definition) is 0. The van der Waals surface area contributed by atoms with Crippen LogP contribution in [0.2, 0.25) is 0 Å². The summed E-state index contributed by atoms with van der Waals surface area (Å²) >= 11 is 1.15. The molecular weight excluding hydrogens is 545 g/mol. The molecule has 38 heavy (non-hydrogen) atoms. The van der Waals surface area contributed by atoms with Gasteiger partial charge in [0.2, 0.25) is 5.67 Å². The molecule has 0 saturated carbocycles. The second kappa shape index (κ2) is 10.3. The molecule has 3 aliphatic heterocycles. The molecule has 0 aliphatic carbocycles. The van der Waals surface area contributed by atoms with Gasteiger partial charge in [-0.2, -0.15) is 17.5 Å². The van der Waals surface area contributed by atoms with Gasteiger partial charge in [0.05, 0.1) is 6.04 Å². The number of thiophene rings is 1. The van der Waals surface area contributed by atoms with Crippen molar-refractivity contribution in [2.45, 2.75) is 79.4 Å². The molecule has 3 fully saturated rings. The maximum Gasteiger partial charge on any atom is 0.426 e. The normalized spacial score (nSPS) is 29.3. The molecule has 5 nitrogen and oxygen atoms in total. The van der Waals surface area contributed by atoms with Gasteiger partial charge in [-0.3, -0.25) is 4.90 Å². The van der Waals surface area contributed by atoms with Crippen molar-refractivity contribution in [3.05, 3.63) is 47.3 Å². The minimum absolute atomic E-state index is 0.0880. The number of halogens is 5. The van der Waals surface area contributed by atoms with Gasteiger partial charge in [0, 0.05) is 44.0 Å². The minimum atomic E-state index is -5.04. The van der Waals surface area contributed by atoms with E-state index in [2.05, 4.69) is 4.90 Å². The molecule has 1 aromatic heterocycles. The Hall–Kier alpha value is -1.76. The summed E-state index contributed by atoms with van der Waals surface area (Å²) in [6.45, 7) is 1.76. The van der Waals surface area contributed by atoms with Gasteiger partial charge in [-0.25, -0.2) is 17.2 Å². The highest BCUT2D eigenvalue weighted by Crippen LogP contribution is 2.43. The van der Waals surface area contributed by atoms with E-state index in [4.69, 9.17) is 0 Å². The number of piperazine rings is 1. The molecule has 2 unspecified atom stereocenters. The number of rotatable bonds is 6. The van der Waals surface area contributed by atoms with Crippen LogP contribution in [-0.4, -0.2) is 74.3 Å². The standard InChI is InChI=1S/C26H32F5N3O2S2/c1-25(28,26(29,30)31)18-7-9-20(10-8-18)33-12-11-32(38(35,36)24-6-3-13-37-24)16-23(33)17-34-21-4-2-5-22(34)15-19(27)14-21/h3,6-10,13,19,21-23H,2,4-5,11-12,14-17H2,1H3/t19?,21?,22?,23-,25-/m1/s1. The Morgan fingerprint density at radius 2 is 1.66 bits per heavy atom. The van der Waals surface area contributed by atoms with Crippen molar-refractivity contribution in [2.24, 2.45) is 0 Å². The molecule has 2 aromatic rings. The topological polar surface area (TPSA) is 43.9 Å². The van der Waals surface area contributed by atoms with Crippen LogP contribution in [0.3, 0.4) is 0 Å². The number of piperidine rings is 2. The Balaban J connectivity index is 1.43. The van der Waals surface area contributed by atoms with Crippen molar-refractivity contribution in [1.82, 2.24) is 9.21 Å². The van der Waals surface area contributed by atoms with Crippen LogP contribution in [0.15, 0.2) is 46.0 Å². The van der Waals surface area contributed by atoms with Crippen LogP contribution in [0.4, 0.5) is 27.6 Å². The van der Waals surface area contributed by atoms with Gasteiger partial charge in [0.15, 0.2) is 0 Å². The summed E-state index contributed by atoms with van der Waals surface area (Å²) in [5, 5.41) is 1.71. The fraction of sp³-hybridized carbons (Fsp3) is 0.615. The molecule has 2 bridgehead atoms. The van der Waals surface area contributed by atoms with Crippen molar-refractivity contribution in [2.75, 3.05) is 31.1 Å². The maximum atomic E-state index is 14.5. The van der Waals surface area contributed by atoms with Gasteiger partial charge in [0.25, 0.3) is 10.0 Å². The highest BCUT2D eigenvalue weighted by Gasteiger charge is 2.53. The number of nitrogens with zero attached hydrogens (tertiary/aromatic N) is 3. The Labute approximate surface area is 224 Å². The third-order valence-corrected chi connectivity index (χ3v) is 11.5. The van der Waals surface area contributed by atoms with Crippen molar-refractivity contribution < 1.29 is 30.4 Å². The van der Waals surface area contributed by atoms with E-state index in [9.17, 15) is 30.4 Å². The van der Waals surface area contributed by atoms with E-state index in [-0.39, 0.29) is 35.4 Å². The molecule has 0 N–H and O–H groups in total. The molecule has 3 saturated heterocycles. The number of sulfonamides is 1. The summed E-state index contributed by atoms with van der Waals surface area (Å²) in [5.74, 6) is 0. The first-order valence-electron chi connectivity index (χ1n) is 12.9. The van der Waals surface area contributed by atoms with E-state index < -0.39 is 33.6 Å². The highest BCUT2D eigenvalue weighted by molar-refractivity contribution is 7.91. The molecule has 0 spiro atoms. The predicted molar refractivity (Wildman–Crippen MR) is 137 cm³/mol. The molecule has 12 heteroatoms. The number of alkyl halides is 5. The van der Waals surface area contributed by atoms with Gasteiger partial charge < -0.3 is 4.90 Å². The fourth-order valence-electron chi connectivity index (χ4n) is 6.16. The van der Waals surface area contributed by atoms with Crippen LogP contribution in [0.25, 0.3) is 0 Å². The van der Waals surface area contributed by atoms with E-state index in [0.717, 1.165) is 42.7 Å². The first kappa shape index (κ1) is 27.8. The average molecular weight is 578 g/mol. The van der Waals surface area contributed by atoms with Crippen molar-refractivity contribution in [3.8, 4) is 0 Å². The van der Waals surface area contributed by atoms with Crippen LogP contribution in [0, 0.1) is 0 Å². The summed E-state index contributed by atoms with van der Waals surface area (Å²) in [6.07, 6.45) is -2.14. The SMILES string of the molecule is C[C@@](F)(c1ccc(N2CCN(S(=O)(=O)c3cccs3)C[C@@H]2CN2C3CCCC2CC(F)C3)cc1)C(F)(F)F. The molecule has 210 valence electrons. The second-order valence-electron chi connectivity index (χ2n) is 10.7. The summed E-state index contributed by atoms with van der Waals surface area (Å²) in [5.41, 5.74) is -3.36. The molecule has 4 heterocycles. The predicted octanol–water partition coefficient (Wildman–Crippen LogP) is 5.73. The molecule has 0 amide bonds. The molecule has 5 rings (SSSR count). The zero-order chi connectivity index (χ0) is 27.3. The van der Waals surface area contributed by atoms with Crippen LogP contribution < -0.4 is 4.90 Å². The van der Waals surface area contributed by atoms with Gasteiger partial charge in [0.1, 0.15) is 10.4 Å². The van der Waals surface area contributed by atoms with E-state index in [1.54, 1.807) is 17.5 Å². The van der Waals surface area contributed by atoms with Gasteiger partial charge in [-0.05, 0) is 61.7 Å². The molecule has 0 radical (unpaired) electrons. The summed E-state index contributed by atoms with van der Waals surface area (Å²) in [6, 6.07) is 8.39. The van der Waals surface area contributed by atoms with Crippen molar-refractivity contribution >= 4 is 27.0 Å². The number of benzene rings is 1. The summed E-state index contributed by atoms with van der Waals surface area (Å²) in [4.78, 5) is 4.32. The van der Waals surface area contributed by atoms with E-state index in [0.29, 0.717) is 38.5 Å². The monoisotopic (exact) mass is 577 g/mol. The van der Waals surface area contributed by atoms with Crippen LogP contribution >= 0.6 is 11.3 Å². The van der Waals surface area contributed by atoms with Gasteiger partial charge in [-0.15, -0.1) is 11.3 Å². The minimum Gasteiger partial charge on any atom is -0.365 e. The lowest BCUT2D eigenvalue weighted by Gasteiger charge is -2.51. The number of anilines is 1. The Kier molecular flexibility index (Phi) is 7.56. The lowest BCUT2D eigenvalue weighted by molar-refractivity contribution is -0.228.